The van der Waals surface area contributed by atoms with Crippen LogP contribution in [0.4, 0.5) is 11.4 Å². The largest absolute Gasteiger partial charge is 0.493 e. The van der Waals surface area contributed by atoms with Crippen LogP contribution in [0.2, 0.25) is 0 Å². The van der Waals surface area contributed by atoms with E-state index in [2.05, 4.69) is 17.4 Å². The SMILES string of the molecule is COc1cccc(C2Nc3ccccc3N=C3CC(c4ccccc4)CC(=O)C32)c1OC. The van der Waals surface area contributed by atoms with Gasteiger partial charge in [-0.15, -0.1) is 0 Å². The van der Waals surface area contributed by atoms with Gasteiger partial charge in [0, 0.05) is 17.7 Å². The molecule has 0 saturated heterocycles. The lowest BCUT2D eigenvalue weighted by molar-refractivity contribution is -0.122. The maximum Gasteiger partial charge on any atom is 0.166 e. The van der Waals surface area contributed by atoms with E-state index in [9.17, 15) is 4.79 Å². The predicted molar refractivity (Wildman–Crippen MR) is 126 cm³/mol. The van der Waals surface area contributed by atoms with Crippen LogP contribution in [0.5, 0.6) is 11.5 Å². The zero-order valence-electron chi connectivity index (χ0n) is 18.2. The van der Waals surface area contributed by atoms with E-state index < -0.39 is 0 Å². The van der Waals surface area contributed by atoms with E-state index in [0.717, 1.165) is 29.1 Å². The quantitative estimate of drug-likeness (QED) is 0.581. The number of anilines is 1. The first-order chi connectivity index (χ1) is 15.7. The summed E-state index contributed by atoms with van der Waals surface area (Å²) in [5.41, 5.74) is 4.77. The Morgan fingerprint density at radius 2 is 1.66 bits per heavy atom. The van der Waals surface area contributed by atoms with Crippen LogP contribution in [0.1, 0.15) is 35.9 Å². The Labute approximate surface area is 188 Å². The number of nitrogens with zero attached hydrogens (tertiary/aromatic N) is 1. The Hall–Kier alpha value is -3.60. The summed E-state index contributed by atoms with van der Waals surface area (Å²) in [7, 11) is 3.26. The Bertz CT molecular complexity index is 1170. The lowest BCUT2D eigenvalue weighted by atomic mass is 9.72. The Balaban J connectivity index is 1.63. The third-order valence-corrected chi connectivity index (χ3v) is 6.46. The van der Waals surface area contributed by atoms with Crippen molar-refractivity contribution in [2.24, 2.45) is 10.9 Å². The van der Waals surface area contributed by atoms with Gasteiger partial charge in [0.2, 0.25) is 0 Å². The van der Waals surface area contributed by atoms with Gasteiger partial charge in [-0.3, -0.25) is 9.79 Å². The zero-order valence-corrected chi connectivity index (χ0v) is 18.2. The molecule has 1 fully saturated rings. The molecule has 0 amide bonds. The Morgan fingerprint density at radius 1 is 0.875 bits per heavy atom. The van der Waals surface area contributed by atoms with Crippen LogP contribution >= 0.6 is 0 Å². The second kappa shape index (κ2) is 8.50. The molecule has 5 heteroatoms. The highest BCUT2D eigenvalue weighted by Gasteiger charge is 2.42. The fourth-order valence-electron chi connectivity index (χ4n) is 4.97. The van der Waals surface area contributed by atoms with Gasteiger partial charge < -0.3 is 14.8 Å². The van der Waals surface area contributed by atoms with E-state index in [0.29, 0.717) is 17.9 Å². The van der Waals surface area contributed by atoms with Crippen LogP contribution in [-0.4, -0.2) is 25.7 Å². The number of Topliss-reactive ketones (excluding diaryl/α,β-unsaturated/α-hetero) is 1. The van der Waals surface area contributed by atoms with E-state index >= 15 is 0 Å². The first-order valence-corrected chi connectivity index (χ1v) is 10.9. The van der Waals surface area contributed by atoms with Crippen molar-refractivity contribution in [2.45, 2.75) is 24.8 Å². The molecular weight excluding hydrogens is 400 g/mol. The summed E-state index contributed by atoms with van der Waals surface area (Å²) in [6, 6.07) is 23.7. The van der Waals surface area contributed by atoms with Crippen molar-refractivity contribution in [3.63, 3.8) is 0 Å². The number of rotatable bonds is 4. The monoisotopic (exact) mass is 426 g/mol. The molecule has 1 saturated carbocycles. The fraction of sp³-hybridized carbons (Fsp3) is 0.259. The van der Waals surface area contributed by atoms with Crippen molar-refractivity contribution in [3.8, 4) is 11.5 Å². The number of nitrogens with one attached hydrogen (secondary N) is 1. The third kappa shape index (κ3) is 3.54. The average Bonchev–Trinajstić information content (AvgIpc) is 3.00. The van der Waals surface area contributed by atoms with E-state index in [1.807, 2.05) is 60.7 Å². The summed E-state index contributed by atoms with van der Waals surface area (Å²) in [5.74, 6) is 1.25. The van der Waals surface area contributed by atoms with Crippen LogP contribution in [0.15, 0.2) is 77.8 Å². The number of aliphatic imine (C=N–C) groups is 1. The molecule has 3 unspecified atom stereocenters. The summed E-state index contributed by atoms with van der Waals surface area (Å²) in [4.78, 5) is 18.7. The number of hydrogen-bond acceptors (Lipinski definition) is 5. The maximum atomic E-state index is 13.7. The van der Waals surface area contributed by atoms with Crippen LogP contribution < -0.4 is 14.8 Å². The molecule has 5 rings (SSSR count). The van der Waals surface area contributed by atoms with Crippen LogP contribution in [-0.2, 0) is 4.79 Å². The van der Waals surface area contributed by atoms with E-state index in [1.54, 1.807) is 14.2 Å². The number of carbonyl (C=O) groups excluding carboxylic acids is 1. The van der Waals surface area contributed by atoms with E-state index in [1.165, 1.54) is 5.56 Å². The molecule has 5 nitrogen and oxygen atoms in total. The summed E-state index contributed by atoms with van der Waals surface area (Å²) < 4.78 is 11.3. The first kappa shape index (κ1) is 20.3. The molecule has 162 valence electrons. The van der Waals surface area contributed by atoms with Crippen molar-refractivity contribution >= 4 is 22.9 Å². The maximum absolute atomic E-state index is 13.7. The number of ether oxygens (including phenoxy) is 2. The molecule has 1 aliphatic heterocycles. The Morgan fingerprint density at radius 3 is 2.44 bits per heavy atom. The van der Waals surface area contributed by atoms with Gasteiger partial charge in [0.1, 0.15) is 5.78 Å². The molecule has 0 aromatic heterocycles. The summed E-state index contributed by atoms with van der Waals surface area (Å²) in [6.45, 7) is 0. The lowest BCUT2D eigenvalue weighted by Gasteiger charge is -2.34. The van der Waals surface area contributed by atoms with Gasteiger partial charge in [0.05, 0.1) is 37.6 Å². The molecule has 0 bridgehead atoms. The van der Waals surface area contributed by atoms with Crippen molar-refractivity contribution in [1.82, 2.24) is 0 Å². The van der Waals surface area contributed by atoms with Crippen LogP contribution in [0.25, 0.3) is 0 Å². The van der Waals surface area contributed by atoms with Crippen molar-refractivity contribution in [1.29, 1.82) is 0 Å². The number of ketones is 1. The lowest BCUT2D eigenvalue weighted by Crippen LogP contribution is -2.38. The second-order valence-corrected chi connectivity index (χ2v) is 8.28. The number of fused-ring (bicyclic) bond motifs is 2. The molecule has 1 aliphatic carbocycles. The fourth-order valence-corrected chi connectivity index (χ4v) is 4.97. The van der Waals surface area contributed by atoms with Gasteiger partial charge in [-0.2, -0.15) is 0 Å². The number of hydrogen-bond donors (Lipinski definition) is 1. The predicted octanol–water partition coefficient (Wildman–Crippen LogP) is 5.71. The van der Waals surface area contributed by atoms with Gasteiger partial charge in [-0.05, 0) is 36.1 Å². The normalized spacial score (nSPS) is 22.0. The van der Waals surface area contributed by atoms with Crippen molar-refractivity contribution in [2.75, 3.05) is 19.5 Å². The van der Waals surface area contributed by atoms with Crippen LogP contribution in [0, 0.1) is 5.92 Å². The molecule has 0 radical (unpaired) electrons. The molecular formula is C27H26N2O3. The number of para-hydroxylation sites is 3. The first-order valence-electron chi connectivity index (χ1n) is 10.9. The van der Waals surface area contributed by atoms with Gasteiger partial charge in [-0.1, -0.05) is 54.6 Å². The van der Waals surface area contributed by atoms with E-state index in [4.69, 9.17) is 14.5 Å². The molecule has 3 aromatic carbocycles. The van der Waals surface area contributed by atoms with E-state index in [-0.39, 0.29) is 23.7 Å². The highest BCUT2D eigenvalue weighted by Crippen LogP contribution is 2.47. The number of methoxy groups -OCH3 is 2. The standard InChI is InChI=1S/C27H26N2O3/c1-31-24-14-8-11-19(27(24)32-2)26-25-22(28-20-12-6-7-13-21(20)29-26)15-18(16-23(25)30)17-9-4-3-5-10-17/h3-14,18,25-26,29H,15-16H2,1-2H3. The molecule has 3 atom stereocenters. The summed E-state index contributed by atoms with van der Waals surface area (Å²) in [5, 5.41) is 3.62. The molecule has 1 N–H and O–H groups in total. The topological polar surface area (TPSA) is 59.9 Å². The van der Waals surface area contributed by atoms with Gasteiger partial charge >= 0.3 is 0 Å². The third-order valence-electron chi connectivity index (χ3n) is 6.46. The summed E-state index contributed by atoms with van der Waals surface area (Å²) >= 11 is 0. The molecule has 0 spiro atoms. The average molecular weight is 427 g/mol. The minimum atomic E-state index is -0.372. The minimum Gasteiger partial charge on any atom is -0.493 e. The molecule has 1 heterocycles. The molecule has 2 aliphatic rings. The van der Waals surface area contributed by atoms with Gasteiger partial charge in [0.15, 0.2) is 11.5 Å². The summed E-state index contributed by atoms with van der Waals surface area (Å²) in [6.07, 6.45) is 1.24. The molecule has 3 aromatic rings. The van der Waals surface area contributed by atoms with Crippen molar-refractivity contribution < 1.29 is 14.3 Å². The number of benzene rings is 3. The Kier molecular flexibility index (Phi) is 5.39. The zero-order chi connectivity index (χ0) is 22.1. The van der Waals surface area contributed by atoms with Gasteiger partial charge in [-0.25, -0.2) is 0 Å². The minimum absolute atomic E-state index is 0.136. The number of carbonyl (C=O) groups is 1. The van der Waals surface area contributed by atoms with Crippen molar-refractivity contribution in [3.05, 3.63) is 83.9 Å². The highest BCUT2D eigenvalue weighted by atomic mass is 16.5. The highest BCUT2D eigenvalue weighted by molar-refractivity contribution is 6.11. The van der Waals surface area contributed by atoms with Crippen LogP contribution in [0.3, 0.4) is 0 Å². The smallest absolute Gasteiger partial charge is 0.166 e. The second-order valence-electron chi connectivity index (χ2n) is 8.28. The molecule has 32 heavy (non-hydrogen) atoms. The van der Waals surface area contributed by atoms with Gasteiger partial charge in [0.25, 0.3) is 0 Å².